The molecule has 0 saturated heterocycles. The van der Waals surface area contributed by atoms with Gasteiger partial charge in [-0.05, 0) is 40.5 Å². The van der Waals surface area contributed by atoms with Gasteiger partial charge in [0, 0.05) is 21.4 Å². The Balaban J connectivity index is 3.29. The third-order valence-corrected chi connectivity index (χ3v) is 6.35. The van der Waals surface area contributed by atoms with Crippen LogP contribution in [-0.4, -0.2) is 38.1 Å². The minimum atomic E-state index is -4.04. The Morgan fingerprint density at radius 2 is 1.90 bits per heavy atom. The van der Waals surface area contributed by atoms with Gasteiger partial charge in [0.25, 0.3) is 6.43 Å². The molecular weight excluding hydrogens is 443 g/mol. The highest BCUT2D eigenvalue weighted by atomic mass is 79.9. The molecule has 20 heavy (non-hydrogen) atoms. The van der Waals surface area contributed by atoms with E-state index in [9.17, 15) is 17.2 Å². The van der Waals surface area contributed by atoms with Crippen LogP contribution in [0.4, 0.5) is 8.78 Å². The zero-order chi connectivity index (χ0) is 15.5. The van der Waals surface area contributed by atoms with Crippen LogP contribution in [0.2, 0.25) is 0 Å². The molecule has 0 unspecified atom stereocenters. The maximum Gasteiger partial charge on any atom is 0.252 e. The first kappa shape index (κ1) is 18.3. The molecular formula is C11H12Br2ClF2NO2S. The molecule has 0 amide bonds. The molecule has 3 nitrogen and oxygen atoms in total. The molecule has 0 bridgehead atoms. The van der Waals surface area contributed by atoms with E-state index in [1.807, 2.05) is 0 Å². The predicted octanol–water partition coefficient (Wildman–Crippen LogP) is 4.01. The van der Waals surface area contributed by atoms with Gasteiger partial charge in [0.2, 0.25) is 10.0 Å². The quantitative estimate of drug-likeness (QED) is 0.608. The van der Waals surface area contributed by atoms with Gasteiger partial charge in [-0.2, -0.15) is 4.31 Å². The molecule has 0 N–H and O–H groups in total. The second kappa shape index (κ2) is 7.49. The molecule has 0 fully saturated rings. The maximum absolute atomic E-state index is 12.5. The number of hydrogen-bond donors (Lipinski definition) is 0. The summed E-state index contributed by atoms with van der Waals surface area (Å²) in [6.45, 7) is 0.736. The Hall–Kier alpha value is 0.240. The summed E-state index contributed by atoms with van der Waals surface area (Å²) in [6.07, 6.45) is -2.76. The molecule has 0 aliphatic carbocycles. The highest BCUT2D eigenvalue weighted by Gasteiger charge is 2.29. The van der Waals surface area contributed by atoms with Crippen LogP contribution in [0.5, 0.6) is 0 Å². The van der Waals surface area contributed by atoms with Crippen molar-refractivity contribution in [3.05, 3.63) is 26.6 Å². The average Bonchev–Trinajstić information content (AvgIpc) is 2.32. The molecule has 1 aromatic carbocycles. The van der Waals surface area contributed by atoms with E-state index in [4.69, 9.17) is 11.6 Å². The molecule has 0 spiro atoms. The predicted molar refractivity (Wildman–Crippen MR) is 82.1 cm³/mol. The van der Waals surface area contributed by atoms with E-state index in [1.165, 1.54) is 6.07 Å². The Kier molecular flexibility index (Phi) is 6.85. The molecule has 9 heteroatoms. The van der Waals surface area contributed by atoms with Crippen LogP contribution in [0.3, 0.4) is 0 Å². The van der Waals surface area contributed by atoms with Gasteiger partial charge in [-0.15, -0.1) is 11.6 Å². The molecule has 1 rings (SSSR count). The summed E-state index contributed by atoms with van der Waals surface area (Å²) in [5.74, 6) is -0.0589. The lowest BCUT2D eigenvalue weighted by Gasteiger charge is -2.22. The minimum Gasteiger partial charge on any atom is -0.209 e. The first-order valence-corrected chi connectivity index (χ1v) is 9.06. The molecule has 0 heterocycles. The highest BCUT2D eigenvalue weighted by Crippen LogP contribution is 2.31. The monoisotopic (exact) mass is 453 g/mol. The molecule has 0 saturated carbocycles. The van der Waals surface area contributed by atoms with E-state index in [-0.39, 0.29) is 17.3 Å². The van der Waals surface area contributed by atoms with Gasteiger partial charge in [-0.1, -0.05) is 15.9 Å². The van der Waals surface area contributed by atoms with Gasteiger partial charge in [0.05, 0.1) is 11.4 Å². The first-order valence-electron chi connectivity index (χ1n) is 5.50. The summed E-state index contributed by atoms with van der Waals surface area (Å²) < 4.78 is 51.5. The summed E-state index contributed by atoms with van der Waals surface area (Å²) in [5.41, 5.74) is 0.827. The van der Waals surface area contributed by atoms with E-state index >= 15 is 0 Å². The molecule has 1 aromatic rings. The number of halogens is 5. The lowest BCUT2D eigenvalue weighted by Crippen LogP contribution is -2.36. The van der Waals surface area contributed by atoms with Crippen molar-refractivity contribution in [1.82, 2.24) is 4.31 Å². The Morgan fingerprint density at radius 3 is 2.40 bits per heavy atom. The van der Waals surface area contributed by atoms with Crippen molar-refractivity contribution in [2.75, 3.05) is 19.0 Å². The summed E-state index contributed by atoms with van der Waals surface area (Å²) >= 11 is 11.9. The number of nitrogens with zero attached hydrogens (tertiary/aromatic N) is 1. The fraction of sp³-hybridized carbons (Fsp3) is 0.455. The second-order valence-electron chi connectivity index (χ2n) is 3.97. The summed E-state index contributed by atoms with van der Waals surface area (Å²) in [5, 5.41) is 0. The first-order chi connectivity index (χ1) is 9.20. The van der Waals surface area contributed by atoms with Crippen molar-refractivity contribution in [2.45, 2.75) is 18.2 Å². The van der Waals surface area contributed by atoms with Gasteiger partial charge in [0.1, 0.15) is 0 Å². The third kappa shape index (κ3) is 4.37. The molecule has 0 aliphatic rings. The van der Waals surface area contributed by atoms with Gasteiger partial charge in [-0.25, -0.2) is 17.2 Å². The van der Waals surface area contributed by atoms with Crippen LogP contribution in [0.1, 0.15) is 5.56 Å². The second-order valence-corrected chi connectivity index (χ2v) is 7.97. The molecule has 0 atom stereocenters. The summed E-state index contributed by atoms with van der Waals surface area (Å²) in [4.78, 5) is -0.0688. The van der Waals surface area contributed by atoms with Gasteiger partial charge >= 0.3 is 0 Å². The number of aryl methyl sites for hydroxylation is 1. The maximum atomic E-state index is 12.5. The fourth-order valence-electron chi connectivity index (χ4n) is 1.52. The van der Waals surface area contributed by atoms with Gasteiger partial charge < -0.3 is 0 Å². The number of rotatable bonds is 6. The van der Waals surface area contributed by atoms with E-state index in [0.29, 0.717) is 13.3 Å². The highest BCUT2D eigenvalue weighted by molar-refractivity contribution is 9.11. The number of sulfonamides is 1. The van der Waals surface area contributed by atoms with Crippen LogP contribution < -0.4 is 0 Å². The minimum absolute atomic E-state index is 0.0589. The van der Waals surface area contributed by atoms with Crippen molar-refractivity contribution in [2.24, 2.45) is 0 Å². The topological polar surface area (TPSA) is 37.4 Å². The number of benzene rings is 1. The summed E-state index contributed by atoms with van der Waals surface area (Å²) in [6, 6.07) is 3.00. The van der Waals surface area contributed by atoms with Crippen molar-refractivity contribution in [3.63, 3.8) is 0 Å². The Morgan fingerprint density at radius 1 is 1.30 bits per heavy atom. The number of hydrogen-bond acceptors (Lipinski definition) is 2. The standard InChI is InChI=1S/C11H12Br2ClF2NO2S/c1-7-4-9(13)10(5-8(7)12)20(18,19)17(3-2-14)6-11(15)16/h4-5,11H,2-3,6H2,1H3. The van der Waals surface area contributed by atoms with E-state index in [1.54, 1.807) is 13.0 Å². The molecule has 0 aliphatic heterocycles. The van der Waals surface area contributed by atoms with Crippen LogP contribution >= 0.6 is 43.5 Å². The largest absolute Gasteiger partial charge is 0.252 e. The normalized spacial score (nSPS) is 12.4. The van der Waals surface area contributed by atoms with Crippen molar-refractivity contribution in [3.8, 4) is 0 Å². The molecule has 0 aromatic heterocycles. The lowest BCUT2D eigenvalue weighted by atomic mass is 10.2. The van der Waals surface area contributed by atoms with E-state index < -0.39 is 23.0 Å². The fourth-order valence-corrected chi connectivity index (χ4v) is 4.88. The van der Waals surface area contributed by atoms with Crippen molar-refractivity contribution < 1.29 is 17.2 Å². The van der Waals surface area contributed by atoms with E-state index in [2.05, 4.69) is 31.9 Å². The van der Waals surface area contributed by atoms with Gasteiger partial charge in [0.15, 0.2) is 0 Å². The average molecular weight is 456 g/mol. The summed E-state index contributed by atoms with van der Waals surface area (Å²) in [7, 11) is -4.04. The molecule has 114 valence electrons. The van der Waals surface area contributed by atoms with Crippen molar-refractivity contribution in [1.29, 1.82) is 0 Å². The Bertz CT molecular complexity index is 584. The smallest absolute Gasteiger partial charge is 0.209 e. The van der Waals surface area contributed by atoms with Crippen molar-refractivity contribution >= 4 is 53.5 Å². The zero-order valence-electron chi connectivity index (χ0n) is 10.4. The van der Waals surface area contributed by atoms with E-state index in [0.717, 1.165) is 5.56 Å². The Labute approximate surface area is 138 Å². The molecule has 0 radical (unpaired) electrons. The lowest BCUT2D eigenvalue weighted by molar-refractivity contribution is 0.121. The van der Waals surface area contributed by atoms with Crippen LogP contribution in [-0.2, 0) is 10.0 Å². The third-order valence-electron chi connectivity index (χ3n) is 2.51. The number of alkyl halides is 3. The zero-order valence-corrected chi connectivity index (χ0v) is 15.2. The van der Waals surface area contributed by atoms with Gasteiger partial charge in [-0.3, -0.25) is 0 Å². The van der Waals surface area contributed by atoms with Crippen LogP contribution in [0.25, 0.3) is 0 Å². The SMILES string of the molecule is Cc1cc(Br)c(S(=O)(=O)N(CCCl)CC(F)F)cc1Br. The van der Waals surface area contributed by atoms with Crippen LogP contribution in [0.15, 0.2) is 26.0 Å². The van der Waals surface area contributed by atoms with Crippen LogP contribution in [0, 0.1) is 6.92 Å².